The summed E-state index contributed by atoms with van der Waals surface area (Å²) in [6.07, 6.45) is 5.66. The van der Waals surface area contributed by atoms with E-state index in [4.69, 9.17) is 30.6 Å². The minimum absolute atomic E-state index is 0.0628. The second kappa shape index (κ2) is 26.6. The summed E-state index contributed by atoms with van der Waals surface area (Å²) in [4.78, 5) is 47.1. The Balaban J connectivity index is 0. The van der Waals surface area contributed by atoms with Crippen LogP contribution in [0.2, 0.25) is 0 Å². The fraction of sp³-hybridized carbons (Fsp3) is 0.429. The van der Waals surface area contributed by atoms with Gasteiger partial charge in [0.25, 0.3) is 0 Å². The molecule has 0 saturated carbocycles. The van der Waals surface area contributed by atoms with Crippen LogP contribution in [0.25, 0.3) is 0 Å². The SMILES string of the molecule is CC(O)CO.O=C(O)CCCCC(=O)O.O=C=Nc1ccc(Cc2ccc(N=C=O)cc2)cc1.OCCCCO. The predicted octanol–water partition coefficient (Wildman–Crippen LogP) is 3.04. The minimum atomic E-state index is -0.870. The molecule has 0 fully saturated rings. The van der Waals surface area contributed by atoms with Gasteiger partial charge in [0, 0.05) is 26.1 Å². The van der Waals surface area contributed by atoms with Gasteiger partial charge in [0.05, 0.1) is 24.1 Å². The molecule has 0 bridgehead atoms. The summed E-state index contributed by atoms with van der Waals surface area (Å²) in [5, 5.41) is 48.4. The second-order valence-electron chi connectivity index (χ2n) is 8.10. The van der Waals surface area contributed by atoms with Gasteiger partial charge in [-0.2, -0.15) is 9.98 Å². The van der Waals surface area contributed by atoms with Crippen LogP contribution < -0.4 is 0 Å². The molecule has 2 rings (SSSR count). The number of rotatable bonds is 13. The maximum Gasteiger partial charge on any atom is 0.303 e. The van der Waals surface area contributed by atoms with Crippen LogP contribution >= 0.6 is 0 Å². The van der Waals surface area contributed by atoms with Gasteiger partial charge in [-0.05, 0) is 74.4 Å². The minimum Gasteiger partial charge on any atom is -0.481 e. The lowest BCUT2D eigenvalue weighted by Crippen LogP contribution is -2.03. The van der Waals surface area contributed by atoms with Crippen LogP contribution in [0.5, 0.6) is 0 Å². The standard InChI is InChI=1S/C15H10N2O2.C6H10O4.C4H10O2.C3H8O2/c18-10-16-14-5-1-12(2-6-14)9-13-3-7-15(8-4-13)17-11-19;7-5(8)3-1-2-4-6(9)10;5-3-1-2-4-6;1-3(5)2-4/h1-8H,9H2;1-4H2,(H,7,8)(H,9,10);5-6H,1-4H2;3-5H,2H2,1H3. The molecule has 6 N–H and O–H groups in total. The molecule has 12 heteroatoms. The third-order valence-corrected chi connectivity index (χ3v) is 4.49. The van der Waals surface area contributed by atoms with E-state index in [0.717, 1.165) is 30.4 Å². The number of hydrogen-bond acceptors (Lipinski definition) is 10. The zero-order valence-electron chi connectivity index (χ0n) is 22.5. The summed E-state index contributed by atoms with van der Waals surface area (Å²) in [5.74, 6) is -1.74. The summed E-state index contributed by atoms with van der Waals surface area (Å²) in [6, 6.07) is 14.7. The summed E-state index contributed by atoms with van der Waals surface area (Å²) in [7, 11) is 0. The van der Waals surface area contributed by atoms with E-state index in [1.54, 1.807) is 24.3 Å². The lowest BCUT2D eigenvalue weighted by Gasteiger charge is -2.02. The number of aliphatic hydroxyl groups is 4. The monoisotopic (exact) mass is 562 g/mol. The number of nitrogens with zero attached hydrogens (tertiary/aromatic N) is 2. The van der Waals surface area contributed by atoms with Gasteiger partial charge < -0.3 is 30.6 Å². The highest BCUT2D eigenvalue weighted by Crippen LogP contribution is 2.17. The van der Waals surface area contributed by atoms with Crippen molar-refractivity contribution in [2.24, 2.45) is 9.98 Å². The Bertz CT molecular complexity index is 949. The van der Waals surface area contributed by atoms with Crippen molar-refractivity contribution in [1.29, 1.82) is 0 Å². The van der Waals surface area contributed by atoms with Crippen molar-refractivity contribution in [3.05, 3.63) is 59.7 Å². The molecule has 0 aliphatic heterocycles. The molecule has 0 aromatic heterocycles. The number of carboxylic acid groups (broad SMARTS) is 2. The number of hydrogen-bond donors (Lipinski definition) is 6. The maximum atomic E-state index is 10.1. The smallest absolute Gasteiger partial charge is 0.303 e. The van der Waals surface area contributed by atoms with Crippen molar-refractivity contribution in [2.75, 3.05) is 19.8 Å². The molecule has 12 nitrogen and oxygen atoms in total. The number of carbonyl (C=O) groups is 2. The number of unbranched alkanes of at least 4 members (excludes halogenated alkanes) is 2. The number of benzene rings is 2. The van der Waals surface area contributed by atoms with E-state index in [1.807, 2.05) is 24.3 Å². The van der Waals surface area contributed by atoms with Crippen molar-refractivity contribution in [1.82, 2.24) is 0 Å². The molecule has 0 spiro atoms. The Hall–Kier alpha value is -4.02. The molecule has 2 aromatic rings. The summed E-state index contributed by atoms with van der Waals surface area (Å²) in [5.41, 5.74) is 3.40. The van der Waals surface area contributed by atoms with Crippen molar-refractivity contribution >= 4 is 35.5 Å². The molecule has 0 amide bonds. The van der Waals surface area contributed by atoms with Crippen molar-refractivity contribution in [2.45, 2.75) is 58.0 Å². The first-order chi connectivity index (χ1) is 19.1. The van der Waals surface area contributed by atoms with Crippen molar-refractivity contribution < 1.29 is 49.8 Å². The third-order valence-electron chi connectivity index (χ3n) is 4.49. The van der Waals surface area contributed by atoms with Gasteiger partial charge in [-0.3, -0.25) is 9.59 Å². The summed E-state index contributed by atoms with van der Waals surface area (Å²) < 4.78 is 0. The fourth-order valence-electron chi connectivity index (χ4n) is 2.49. The van der Waals surface area contributed by atoms with E-state index in [2.05, 4.69) is 9.98 Å². The zero-order valence-corrected chi connectivity index (χ0v) is 22.5. The van der Waals surface area contributed by atoms with Crippen LogP contribution in [0, 0.1) is 0 Å². The molecule has 0 heterocycles. The van der Waals surface area contributed by atoms with Gasteiger partial charge in [0.15, 0.2) is 0 Å². The van der Waals surface area contributed by atoms with Gasteiger partial charge in [0.1, 0.15) is 0 Å². The Kier molecular flexibility index (Phi) is 25.3. The van der Waals surface area contributed by atoms with Crippen LogP contribution in [0.1, 0.15) is 56.6 Å². The lowest BCUT2D eigenvalue weighted by molar-refractivity contribution is -0.139. The molecule has 1 unspecified atom stereocenters. The average Bonchev–Trinajstić information content (AvgIpc) is 2.93. The highest BCUT2D eigenvalue weighted by Gasteiger charge is 1.99. The van der Waals surface area contributed by atoms with Gasteiger partial charge in [-0.1, -0.05) is 24.3 Å². The number of carboxylic acids is 2. The number of aliphatic imine (C=N–C) groups is 2. The Morgan fingerprint density at radius 2 is 1.02 bits per heavy atom. The average molecular weight is 563 g/mol. The maximum absolute atomic E-state index is 10.1. The number of aliphatic hydroxyl groups excluding tert-OH is 4. The molecule has 40 heavy (non-hydrogen) atoms. The molecular weight excluding hydrogens is 524 g/mol. The number of carbonyl (C=O) groups excluding carboxylic acids is 2. The fourth-order valence-corrected chi connectivity index (χ4v) is 2.49. The second-order valence-corrected chi connectivity index (χ2v) is 8.10. The highest BCUT2D eigenvalue weighted by atomic mass is 16.4. The number of isocyanates is 2. The first-order valence-corrected chi connectivity index (χ1v) is 12.4. The Morgan fingerprint density at radius 3 is 1.25 bits per heavy atom. The van der Waals surface area contributed by atoms with E-state index < -0.39 is 18.0 Å². The van der Waals surface area contributed by atoms with E-state index in [-0.39, 0.29) is 32.7 Å². The van der Waals surface area contributed by atoms with E-state index in [1.165, 1.54) is 19.1 Å². The van der Waals surface area contributed by atoms with E-state index in [9.17, 15) is 19.2 Å². The van der Waals surface area contributed by atoms with Gasteiger partial charge >= 0.3 is 11.9 Å². The molecule has 1 atom stereocenters. The Labute approximate surface area is 233 Å². The molecule has 2 aromatic carbocycles. The highest BCUT2D eigenvalue weighted by molar-refractivity contribution is 5.67. The Morgan fingerprint density at radius 1 is 0.700 bits per heavy atom. The predicted molar refractivity (Wildman–Crippen MR) is 147 cm³/mol. The third kappa shape index (κ3) is 25.6. The quantitative estimate of drug-likeness (QED) is 0.119. The molecule has 0 radical (unpaired) electrons. The van der Waals surface area contributed by atoms with Gasteiger partial charge in [-0.15, -0.1) is 0 Å². The van der Waals surface area contributed by atoms with Gasteiger partial charge in [0.2, 0.25) is 12.2 Å². The van der Waals surface area contributed by atoms with Crippen LogP contribution in [-0.4, -0.2) is 80.7 Å². The van der Waals surface area contributed by atoms with Gasteiger partial charge in [-0.25, -0.2) is 9.59 Å². The summed E-state index contributed by atoms with van der Waals surface area (Å²) >= 11 is 0. The summed E-state index contributed by atoms with van der Waals surface area (Å²) in [6.45, 7) is 1.78. The molecule has 0 aliphatic rings. The van der Waals surface area contributed by atoms with E-state index >= 15 is 0 Å². The molecule has 0 saturated heterocycles. The van der Waals surface area contributed by atoms with E-state index in [0.29, 0.717) is 24.2 Å². The van der Waals surface area contributed by atoms with Crippen molar-refractivity contribution in [3.8, 4) is 0 Å². The number of aliphatic carboxylic acids is 2. The lowest BCUT2D eigenvalue weighted by atomic mass is 10.0. The van der Waals surface area contributed by atoms with Crippen LogP contribution in [0.15, 0.2) is 58.5 Å². The topological polar surface area (TPSA) is 214 Å². The normalized spacial score (nSPS) is 9.93. The molecule has 220 valence electrons. The first kappa shape index (κ1) is 38.1. The van der Waals surface area contributed by atoms with Crippen LogP contribution in [0.4, 0.5) is 11.4 Å². The van der Waals surface area contributed by atoms with Crippen LogP contribution in [0.3, 0.4) is 0 Å². The molecular formula is C28H38N2O10. The van der Waals surface area contributed by atoms with Crippen molar-refractivity contribution in [3.63, 3.8) is 0 Å². The van der Waals surface area contributed by atoms with Crippen LogP contribution in [-0.2, 0) is 25.6 Å². The zero-order chi connectivity index (χ0) is 30.6. The molecule has 0 aliphatic carbocycles. The first-order valence-electron chi connectivity index (χ1n) is 12.4. The largest absolute Gasteiger partial charge is 0.481 e.